The maximum absolute atomic E-state index is 12.3. The van der Waals surface area contributed by atoms with Gasteiger partial charge < -0.3 is 9.63 Å². The molecule has 0 aliphatic carbocycles. The number of aryl methyl sites for hydroxylation is 1. The molecule has 0 radical (unpaired) electrons. The molecule has 0 atom stereocenters. The Balaban J connectivity index is 2.49. The van der Waals surface area contributed by atoms with E-state index in [2.05, 4.69) is 5.16 Å². The highest BCUT2D eigenvalue weighted by atomic mass is 35.5. The van der Waals surface area contributed by atoms with Crippen molar-refractivity contribution in [3.8, 4) is 0 Å². The van der Waals surface area contributed by atoms with Crippen molar-refractivity contribution in [1.82, 2.24) is 5.16 Å². The molecule has 0 amide bonds. The average molecular weight is 350 g/mol. The van der Waals surface area contributed by atoms with Gasteiger partial charge >= 0.3 is 5.97 Å². The first-order chi connectivity index (χ1) is 9.70. The third kappa shape index (κ3) is 3.37. The summed E-state index contributed by atoms with van der Waals surface area (Å²) in [6, 6.07) is 3.50. The van der Waals surface area contributed by atoms with Crippen LogP contribution >= 0.6 is 23.2 Å². The third-order valence-corrected chi connectivity index (χ3v) is 5.02. The molecule has 21 heavy (non-hydrogen) atoms. The molecule has 0 saturated heterocycles. The van der Waals surface area contributed by atoms with Gasteiger partial charge in [0.15, 0.2) is 9.84 Å². The normalized spacial score (nSPS) is 11.6. The Morgan fingerprint density at radius 3 is 2.48 bits per heavy atom. The standard InChI is InChI=1S/C12H9Cl2NO5S/c1-6-2-7(15-20-6)5-21(18,19)11-3-8(12(16)17)9(13)4-10(11)14/h2-4H,5H2,1H3,(H,16,17). The van der Waals surface area contributed by atoms with Gasteiger partial charge in [0.25, 0.3) is 0 Å². The maximum Gasteiger partial charge on any atom is 0.337 e. The lowest BCUT2D eigenvalue weighted by Gasteiger charge is -2.07. The number of sulfone groups is 1. The van der Waals surface area contributed by atoms with Crippen LogP contribution in [0.3, 0.4) is 0 Å². The van der Waals surface area contributed by atoms with Gasteiger partial charge in [0.05, 0.1) is 26.2 Å². The van der Waals surface area contributed by atoms with Gasteiger partial charge in [0, 0.05) is 6.07 Å². The maximum atomic E-state index is 12.3. The first kappa shape index (κ1) is 15.8. The van der Waals surface area contributed by atoms with E-state index in [0.717, 1.165) is 12.1 Å². The predicted molar refractivity (Wildman–Crippen MR) is 75.6 cm³/mol. The molecule has 1 aromatic heterocycles. The average Bonchev–Trinajstić information content (AvgIpc) is 2.72. The Morgan fingerprint density at radius 2 is 1.95 bits per heavy atom. The van der Waals surface area contributed by atoms with Crippen molar-refractivity contribution < 1.29 is 22.8 Å². The number of hydrogen-bond acceptors (Lipinski definition) is 5. The monoisotopic (exact) mass is 349 g/mol. The lowest BCUT2D eigenvalue weighted by Crippen LogP contribution is -2.08. The minimum absolute atomic E-state index is 0.135. The van der Waals surface area contributed by atoms with Crippen LogP contribution in [-0.4, -0.2) is 24.7 Å². The Labute approximate surface area is 130 Å². The second-order valence-corrected chi connectivity index (χ2v) is 7.03. The zero-order valence-corrected chi connectivity index (χ0v) is 13.0. The van der Waals surface area contributed by atoms with Crippen LogP contribution < -0.4 is 0 Å². The molecule has 112 valence electrons. The van der Waals surface area contributed by atoms with Crippen molar-refractivity contribution in [1.29, 1.82) is 0 Å². The number of carbonyl (C=O) groups is 1. The van der Waals surface area contributed by atoms with Crippen LogP contribution in [0.25, 0.3) is 0 Å². The number of carboxylic acid groups (broad SMARTS) is 1. The molecule has 0 fully saturated rings. The highest BCUT2D eigenvalue weighted by molar-refractivity contribution is 7.90. The van der Waals surface area contributed by atoms with Crippen molar-refractivity contribution in [3.63, 3.8) is 0 Å². The summed E-state index contributed by atoms with van der Waals surface area (Å²) in [6.45, 7) is 1.63. The number of benzene rings is 1. The van der Waals surface area contributed by atoms with Crippen molar-refractivity contribution in [2.24, 2.45) is 0 Å². The van der Waals surface area contributed by atoms with E-state index in [1.807, 2.05) is 0 Å². The van der Waals surface area contributed by atoms with Gasteiger partial charge in [-0.3, -0.25) is 0 Å². The summed E-state index contributed by atoms with van der Waals surface area (Å²) >= 11 is 11.6. The first-order valence-electron chi connectivity index (χ1n) is 5.58. The number of nitrogens with zero attached hydrogens (tertiary/aromatic N) is 1. The van der Waals surface area contributed by atoms with Crippen LogP contribution in [0.5, 0.6) is 0 Å². The summed E-state index contributed by atoms with van der Waals surface area (Å²) < 4.78 is 29.4. The second-order valence-electron chi connectivity index (χ2n) is 4.26. The van der Waals surface area contributed by atoms with E-state index in [1.54, 1.807) is 6.92 Å². The lowest BCUT2D eigenvalue weighted by atomic mass is 10.2. The highest BCUT2D eigenvalue weighted by Crippen LogP contribution is 2.30. The number of aromatic carboxylic acids is 1. The highest BCUT2D eigenvalue weighted by Gasteiger charge is 2.24. The van der Waals surface area contributed by atoms with Gasteiger partial charge in [-0.2, -0.15) is 0 Å². The minimum Gasteiger partial charge on any atom is -0.478 e. The Bertz CT molecular complexity index is 813. The fourth-order valence-corrected chi connectivity index (χ4v) is 3.84. The summed E-state index contributed by atoms with van der Waals surface area (Å²) in [6.07, 6.45) is 0. The van der Waals surface area contributed by atoms with Crippen molar-refractivity contribution >= 4 is 39.0 Å². The topological polar surface area (TPSA) is 97.5 Å². The number of hydrogen-bond donors (Lipinski definition) is 1. The van der Waals surface area contributed by atoms with E-state index < -0.39 is 21.6 Å². The van der Waals surface area contributed by atoms with Gasteiger partial charge in [-0.05, 0) is 19.1 Å². The molecular weight excluding hydrogens is 341 g/mol. The Morgan fingerprint density at radius 1 is 1.29 bits per heavy atom. The summed E-state index contributed by atoms with van der Waals surface area (Å²) in [5, 5.41) is 12.3. The molecule has 6 nitrogen and oxygen atoms in total. The van der Waals surface area contributed by atoms with Gasteiger partial charge in [0.2, 0.25) is 0 Å². The molecular formula is C12H9Cl2NO5S. The quantitative estimate of drug-likeness (QED) is 0.910. The van der Waals surface area contributed by atoms with E-state index in [0.29, 0.717) is 5.76 Å². The van der Waals surface area contributed by atoms with Gasteiger partial charge in [-0.1, -0.05) is 28.4 Å². The lowest BCUT2D eigenvalue weighted by molar-refractivity contribution is 0.0697. The summed E-state index contributed by atoms with van der Waals surface area (Å²) in [5.74, 6) is -1.33. The molecule has 1 heterocycles. The molecule has 0 unspecified atom stereocenters. The van der Waals surface area contributed by atoms with Crippen LogP contribution in [0.1, 0.15) is 21.8 Å². The molecule has 0 spiro atoms. The van der Waals surface area contributed by atoms with Crippen LogP contribution in [0, 0.1) is 6.92 Å². The Hall–Kier alpha value is -1.57. The zero-order valence-electron chi connectivity index (χ0n) is 10.6. The molecule has 0 saturated carbocycles. The van der Waals surface area contributed by atoms with E-state index in [1.165, 1.54) is 6.07 Å². The van der Waals surface area contributed by atoms with Crippen LogP contribution in [-0.2, 0) is 15.6 Å². The molecule has 0 aliphatic heterocycles. The van der Waals surface area contributed by atoms with Crippen LogP contribution in [0.4, 0.5) is 0 Å². The molecule has 0 bridgehead atoms. The molecule has 2 aromatic rings. The molecule has 9 heteroatoms. The van der Waals surface area contributed by atoms with Crippen LogP contribution in [0.15, 0.2) is 27.6 Å². The smallest absolute Gasteiger partial charge is 0.337 e. The number of carboxylic acids is 1. The summed E-state index contributed by atoms with van der Waals surface area (Å²) in [4.78, 5) is 10.7. The molecule has 1 N–H and O–H groups in total. The van der Waals surface area contributed by atoms with E-state index in [-0.39, 0.29) is 26.2 Å². The molecule has 0 aliphatic rings. The third-order valence-electron chi connectivity index (χ3n) is 2.60. The first-order valence-corrected chi connectivity index (χ1v) is 7.99. The largest absolute Gasteiger partial charge is 0.478 e. The van der Waals surface area contributed by atoms with Gasteiger partial charge in [-0.15, -0.1) is 0 Å². The van der Waals surface area contributed by atoms with Crippen molar-refractivity contribution in [2.45, 2.75) is 17.6 Å². The SMILES string of the molecule is Cc1cc(CS(=O)(=O)c2cc(C(=O)O)c(Cl)cc2Cl)no1. The number of halogens is 2. The van der Waals surface area contributed by atoms with E-state index in [9.17, 15) is 13.2 Å². The minimum atomic E-state index is -3.88. The second kappa shape index (κ2) is 5.67. The summed E-state index contributed by atoms with van der Waals surface area (Å²) in [5.41, 5.74) is -0.133. The van der Waals surface area contributed by atoms with Crippen molar-refractivity contribution in [3.05, 3.63) is 45.3 Å². The summed E-state index contributed by atoms with van der Waals surface area (Å²) in [7, 11) is -3.88. The molecule has 1 aromatic carbocycles. The van der Waals surface area contributed by atoms with E-state index in [4.69, 9.17) is 32.8 Å². The number of aromatic nitrogens is 1. The zero-order chi connectivity index (χ0) is 15.8. The predicted octanol–water partition coefficient (Wildman–Crippen LogP) is 2.96. The fraction of sp³-hybridized carbons (Fsp3) is 0.167. The van der Waals surface area contributed by atoms with E-state index >= 15 is 0 Å². The molecule has 2 rings (SSSR count). The number of rotatable bonds is 4. The fourth-order valence-electron chi connectivity index (χ4n) is 1.69. The van der Waals surface area contributed by atoms with Gasteiger partial charge in [-0.25, -0.2) is 13.2 Å². The van der Waals surface area contributed by atoms with Crippen LogP contribution in [0.2, 0.25) is 10.0 Å². The van der Waals surface area contributed by atoms with Crippen molar-refractivity contribution in [2.75, 3.05) is 0 Å². The Kier molecular flexibility index (Phi) is 4.27. The van der Waals surface area contributed by atoms with Gasteiger partial charge in [0.1, 0.15) is 11.5 Å².